The fourth-order valence-corrected chi connectivity index (χ4v) is 1.65. The topological polar surface area (TPSA) is 89.2 Å². The van der Waals surface area contributed by atoms with E-state index in [-0.39, 0.29) is 22.8 Å². The standard InChI is InChI=1S/C13H10N2O3/c1-17-13(16)10-9(7-14)12(15)18-11(10)8-5-3-2-4-6-8/h2-6H,15H2,1H3. The van der Waals surface area contributed by atoms with Crippen molar-refractivity contribution >= 4 is 11.9 Å². The number of nitrogen functional groups attached to an aromatic ring is 1. The summed E-state index contributed by atoms with van der Waals surface area (Å²) in [7, 11) is 1.24. The van der Waals surface area contributed by atoms with E-state index in [2.05, 4.69) is 4.74 Å². The largest absolute Gasteiger partial charge is 0.465 e. The van der Waals surface area contributed by atoms with Crippen LogP contribution in [0.5, 0.6) is 0 Å². The second kappa shape index (κ2) is 4.63. The van der Waals surface area contributed by atoms with Crippen LogP contribution in [0.4, 0.5) is 5.88 Å². The molecular formula is C13H10N2O3. The first kappa shape index (κ1) is 11.7. The molecule has 0 radical (unpaired) electrons. The predicted molar refractivity (Wildman–Crippen MR) is 64.6 cm³/mol. The van der Waals surface area contributed by atoms with Gasteiger partial charge in [-0.05, 0) is 0 Å². The average Bonchev–Trinajstić information content (AvgIpc) is 2.75. The molecule has 5 nitrogen and oxygen atoms in total. The van der Waals surface area contributed by atoms with E-state index in [9.17, 15) is 4.79 Å². The Kier molecular flexibility index (Phi) is 3.02. The van der Waals surface area contributed by atoms with Gasteiger partial charge in [-0.3, -0.25) is 0 Å². The van der Waals surface area contributed by atoms with Gasteiger partial charge in [0.2, 0.25) is 5.88 Å². The molecule has 0 spiro atoms. The van der Waals surface area contributed by atoms with Gasteiger partial charge in [0.15, 0.2) is 5.76 Å². The molecule has 0 aliphatic carbocycles. The van der Waals surface area contributed by atoms with E-state index < -0.39 is 5.97 Å². The summed E-state index contributed by atoms with van der Waals surface area (Å²) in [5, 5.41) is 9.01. The van der Waals surface area contributed by atoms with E-state index >= 15 is 0 Å². The highest BCUT2D eigenvalue weighted by atomic mass is 16.5. The minimum atomic E-state index is -0.647. The smallest absolute Gasteiger partial charge is 0.343 e. The lowest BCUT2D eigenvalue weighted by molar-refractivity contribution is 0.0601. The van der Waals surface area contributed by atoms with Crippen LogP contribution < -0.4 is 5.73 Å². The van der Waals surface area contributed by atoms with Crippen molar-refractivity contribution in [3.8, 4) is 17.4 Å². The number of nitrogens with zero attached hydrogens (tertiary/aromatic N) is 1. The number of esters is 1. The SMILES string of the molecule is COC(=O)c1c(-c2ccccc2)oc(N)c1C#N. The van der Waals surface area contributed by atoms with Crippen LogP contribution in [0.15, 0.2) is 34.7 Å². The van der Waals surface area contributed by atoms with Gasteiger partial charge in [0, 0.05) is 5.56 Å². The molecule has 5 heteroatoms. The van der Waals surface area contributed by atoms with Gasteiger partial charge in [0.25, 0.3) is 0 Å². The minimum absolute atomic E-state index is 0.000651. The van der Waals surface area contributed by atoms with Gasteiger partial charge in [0.1, 0.15) is 17.2 Å². The lowest BCUT2D eigenvalue weighted by Gasteiger charge is -2.00. The summed E-state index contributed by atoms with van der Waals surface area (Å²) in [6.45, 7) is 0. The zero-order valence-corrected chi connectivity index (χ0v) is 9.64. The first-order chi connectivity index (χ1) is 8.69. The van der Waals surface area contributed by atoms with Gasteiger partial charge in [-0.2, -0.15) is 5.26 Å². The van der Waals surface area contributed by atoms with Gasteiger partial charge in [-0.15, -0.1) is 0 Å². The van der Waals surface area contributed by atoms with Crippen molar-refractivity contribution in [1.82, 2.24) is 0 Å². The zero-order valence-electron chi connectivity index (χ0n) is 9.64. The molecule has 2 rings (SSSR count). The molecule has 1 aromatic heterocycles. The van der Waals surface area contributed by atoms with Crippen LogP contribution in [0.3, 0.4) is 0 Å². The Morgan fingerprint density at radius 1 is 1.39 bits per heavy atom. The highest BCUT2D eigenvalue weighted by Crippen LogP contribution is 2.33. The van der Waals surface area contributed by atoms with E-state index in [0.29, 0.717) is 5.56 Å². The number of ether oxygens (including phenoxy) is 1. The van der Waals surface area contributed by atoms with Crippen molar-refractivity contribution in [3.63, 3.8) is 0 Å². The number of carbonyl (C=O) groups excluding carboxylic acids is 1. The summed E-state index contributed by atoms with van der Waals surface area (Å²) in [6, 6.07) is 10.8. The highest BCUT2D eigenvalue weighted by molar-refractivity contribution is 6.00. The summed E-state index contributed by atoms with van der Waals surface area (Å²) in [5.41, 5.74) is 6.30. The van der Waals surface area contributed by atoms with Gasteiger partial charge in [-0.1, -0.05) is 30.3 Å². The molecule has 0 saturated heterocycles. The summed E-state index contributed by atoms with van der Waals surface area (Å²) in [6.07, 6.45) is 0. The third-order valence-corrected chi connectivity index (χ3v) is 2.47. The lowest BCUT2D eigenvalue weighted by atomic mass is 10.1. The Labute approximate surface area is 103 Å². The normalized spacial score (nSPS) is 9.78. The Hall–Kier alpha value is -2.74. The molecule has 0 aliphatic heterocycles. The Morgan fingerprint density at radius 3 is 2.61 bits per heavy atom. The van der Waals surface area contributed by atoms with Crippen molar-refractivity contribution in [2.75, 3.05) is 12.8 Å². The highest BCUT2D eigenvalue weighted by Gasteiger charge is 2.26. The van der Waals surface area contributed by atoms with E-state index in [0.717, 1.165) is 0 Å². The number of nitrogens with two attached hydrogens (primary N) is 1. The maximum Gasteiger partial charge on any atom is 0.343 e. The molecule has 0 bridgehead atoms. The molecule has 0 saturated carbocycles. The third-order valence-electron chi connectivity index (χ3n) is 2.47. The van der Waals surface area contributed by atoms with Crippen molar-refractivity contribution in [1.29, 1.82) is 5.26 Å². The quantitative estimate of drug-likeness (QED) is 0.815. The molecule has 1 heterocycles. The zero-order chi connectivity index (χ0) is 13.1. The van der Waals surface area contributed by atoms with E-state index in [4.69, 9.17) is 15.4 Å². The predicted octanol–water partition coefficient (Wildman–Crippen LogP) is 2.19. The number of methoxy groups -OCH3 is 1. The second-order valence-electron chi connectivity index (χ2n) is 3.51. The monoisotopic (exact) mass is 242 g/mol. The number of anilines is 1. The van der Waals surface area contributed by atoms with Crippen LogP contribution in [0, 0.1) is 11.3 Å². The van der Waals surface area contributed by atoms with Gasteiger partial charge >= 0.3 is 5.97 Å². The lowest BCUT2D eigenvalue weighted by Crippen LogP contribution is -2.04. The molecule has 0 fully saturated rings. The number of carbonyl (C=O) groups is 1. The fraction of sp³-hybridized carbons (Fsp3) is 0.0769. The van der Waals surface area contributed by atoms with Crippen molar-refractivity contribution in [3.05, 3.63) is 41.5 Å². The van der Waals surface area contributed by atoms with Crippen molar-refractivity contribution < 1.29 is 13.9 Å². The van der Waals surface area contributed by atoms with Gasteiger partial charge in [0.05, 0.1) is 7.11 Å². The third kappa shape index (κ3) is 1.80. The molecule has 1 aromatic carbocycles. The van der Waals surface area contributed by atoms with Crippen molar-refractivity contribution in [2.24, 2.45) is 0 Å². The molecule has 2 N–H and O–H groups in total. The maximum absolute atomic E-state index is 11.7. The van der Waals surface area contributed by atoms with E-state index in [1.54, 1.807) is 24.3 Å². The fourth-order valence-electron chi connectivity index (χ4n) is 1.65. The van der Waals surface area contributed by atoms with Crippen LogP contribution in [0.2, 0.25) is 0 Å². The van der Waals surface area contributed by atoms with Crippen molar-refractivity contribution in [2.45, 2.75) is 0 Å². The molecule has 90 valence electrons. The van der Waals surface area contributed by atoms with Crippen LogP contribution in [-0.2, 0) is 4.74 Å². The van der Waals surface area contributed by atoms with Gasteiger partial charge < -0.3 is 14.9 Å². The Bertz CT molecular complexity index is 624. The average molecular weight is 242 g/mol. The molecule has 0 atom stereocenters. The number of nitriles is 1. The van der Waals surface area contributed by atoms with E-state index in [1.807, 2.05) is 12.1 Å². The number of hydrogen-bond donors (Lipinski definition) is 1. The summed E-state index contributed by atoms with van der Waals surface area (Å²) < 4.78 is 9.95. The number of benzene rings is 1. The first-order valence-corrected chi connectivity index (χ1v) is 5.15. The molecule has 2 aromatic rings. The van der Waals surface area contributed by atoms with Gasteiger partial charge in [-0.25, -0.2) is 4.79 Å². The van der Waals surface area contributed by atoms with E-state index in [1.165, 1.54) is 7.11 Å². The Balaban J connectivity index is 2.69. The minimum Gasteiger partial charge on any atom is -0.465 e. The van der Waals surface area contributed by atoms with Crippen LogP contribution in [-0.4, -0.2) is 13.1 Å². The number of hydrogen-bond acceptors (Lipinski definition) is 5. The van der Waals surface area contributed by atoms with Crippen LogP contribution in [0.25, 0.3) is 11.3 Å². The molecular weight excluding hydrogens is 232 g/mol. The molecule has 0 amide bonds. The second-order valence-corrected chi connectivity index (χ2v) is 3.51. The maximum atomic E-state index is 11.7. The summed E-state index contributed by atoms with van der Waals surface area (Å²) in [5.74, 6) is -0.487. The van der Waals surface area contributed by atoms with Crippen LogP contribution in [0.1, 0.15) is 15.9 Å². The van der Waals surface area contributed by atoms with Crippen LogP contribution >= 0.6 is 0 Å². The molecule has 0 unspecified atom stereocenters. The first-order valence-electron chi connectivity index (χ1n) is 5.15. The number of furan rings is 1. The number of rotatable bonds is 2. The summed E-state index contributed by atoms with van der Waals surface area (Å²) >= 11 is 0. The Morgan fingerprint density at radius 2 is 2.06 bits per heavy atom. The molecule has 0 aliphatic rings. The molecule has 18 heavy (non-hydrogen) atoms. The summed E-state index contributed by atoms with van der Waals surface area (Å²) in [4.78, 5) is 11.7.